The van der Waals surface area contributed by atoms with Crippen LogP contribution in [-0.2, 0) is 9.59 Å². The fourth-order valence-electron chi connectivity index (χ4n) is 3.09. The van der Waals surface area contributed by atoms with Gasteiger partial charge in [-0.3, -0.25) is 20.4 Å². The molecular weight excluding hydrogens is 488 g/mol. The second-order valence-corrected chi connectivity index (χ2v) is 7.92. The maximum Gasteiger partial charge on any atom is 0.337 e. The fraction of sp³-hybridized carbons (Fsp3) is 0.154. The van der Waals surface area contributed by atoms with Gasteiger partial charge in [-0.1, -0.05) is 36.4 Å². The maximum atomic E-state index is 11.9. The zero-order valence-corrected chi connectivity index (χ0v) is 20.5. The third-order valence-electron chi connectivity index (χ3n) is 4.94. The van der Waals surface area contributed by atoms with E-state index in [9.17, 15) is 19.2 Å². The number of anilines is 4. The number of benzene rings is 3. The number of hydrogen-bond acceptors (Lipinski definition) is 6. The molecule has 0 aliphatic heterocycles. The summed E-state index contributed by atoms with van der Waals surface area (Å²) in [7, 11) is 0. The second kappa shape index (κ2) is 15.0. The Hall–Kier alpha value is -5.26. The van der Waals surface area contributed by atoms with E-state index in [1.165, 1.54) is 0 Å². The number of rotatable bonds is 10. The molecule has 3 rings (SSSR count). The van der Waals surface area contributed by atoms with Gasteiger partial charge in [-0.05, 0) is 48.5 Å². The average Bonchev–Trinajstić information content (AvgIpc) is 2.93. The number of nitrogens with one attached hydrogen (secondary N) is 8. The number of urea groups is 2. The van der Waals surface area contributed by atoms with Crippen molar-refractivity contribution >= 4 is 46.6 Å². The van der Waals surface area contributed by atoms with Crippen LogP contribution >= 0.6 is 0 Å². The fourth-order valence-corrected chi connectivity index (χ4v) is 3.09. The molecule has 0 saturated heterocycles. The molecule has 3 aromatic rings. The van der Waals surface area contributed by atoms with E-state index in [-0.39, 0.29) is 24.7 Å². The number of carbonyl (C=O) groups is 4. The molecule has 0 aromatic heterocycles. The molecule has 38 heavy (non-hydrogen) atoms. The summed E-state index contributed by atoms with van der Waals surface area (Å²) >= 11 is 0. The van der Waals surface area contributed by atoms with Gasteiger partial charge >= 0.3 is 12.1 Å². The van der Waals surface area contributed by atoms with Gasteiger partial charge in [0, 0.05) is 48.7 Å². The molecule has 12 heteroatoms. The standard InChI is InChI=1S/C26H30N8O4/c35-23(31-33-25(37)29-21-7-3-1-4-8-21)15-17-27-19-11-13-20(14-12-19)28-18-16-24(36)32-34-26(38)30-22-9-5-2-6-10-22/h1-14,27-28H,15-18H2,(H,31,35)(H,32,36)(H2,29,33,37)(H2,30,34,38). The van der Waals surface area contributed by atoms with E-state index in [1.807, 2.05) is 36.4 Å². The molecule has 0 atom stereocenters. The predicted molar refractivity (Wildman–Crippen MR) is 146 cm³/mol. The Morgan fingerprint density at radius 1 is 0.447 bits per heavy atom. The number of hydrazine groups is 2. The van der Waals surface area contributed by atoms with Crippen LogP contribution in [0.3, 0.4) is 0 Å². The van der Waals surface area contributed by atoms with Gasteiger partial charge in [-0.25, -0.2) is 20.4 Å². The summed E-state index contributed by atoms with van der Waals surface area (Å²) in [4.78, 5) is 47.4. The van der Waals surface area contributed by atoms with Crippen LogP contribution in [0.15, 0.2) is 84.9 Å². The van der Waals surface area contributed by atoms with Crippen LogP contribution in [0.4, 0.5) is 32.3 Å². The van der Waals surface area contributed by atoms with Crippen molar-refractivity contribution in [2.45, 2.75) is 12.8 Å². The van der Waals surface area contributed by atoms with E-state index in [4.69, 9.17) is 0 Å². The monoisotopic (exact) mass is 518 g/mol. The quantitative estimate of drug-likeness (QED) is 0.192. The van der Waals surface area contributed by atoms with E-state index >= 15 is 0 Å². The molecule has 0 unspecified atom stereocenters. The van der Waals surface area contributed by atoms with Gasteiger partial charge in [0.1, 0.15) is 0 Å². The number of amides is 6. The number of para-hydroxylation sites is 2. The molecule has 0 spiro atoms. The highest BCUT2D eigenvalue weighted by Crippen LogP contribution is 2.13. The summed E-state index contributed by atoms with van der Waals surface area (Å²) in [6.07, 6.45) is 0.302. The van der Waals surface area contributed by atoms with E-state index in [1.54, 1.807) is 48.5 Å². The van der Waals surface area contributed by atoms with E-state index < -0.39 is 12.1 Å². The highest BCUT2D eigenvalue weighted by atomic mass is 16.2. The summed E-state index contributed by atoms with van der Waals surface area (Å²) < 4.78 is 0. The summed E-state index contributed by atoms with van der Waals surface area (Å²) in [6, 6.07) is 24.0. The molecular formula is C26H30N8O4. The third-order valence-corrected chi connectivity index (χ3v) is 4.94. The van der Waals surface area contributed by atoms with Gasteiger partial charge in [-0.2, -0.15) is 0 Å². The van der Waals surface area contributed by atoms with Gasteiger partial charge in [-0.15, -0.1) is 0 Å². The maximum absolute atomic E-state index is 11.9. The summed E-state index contributed by atoms with van der Waals surface area (Å²) in [6.45, 7) is 0.733. The second-order valence-electron chi connectivity index (χ2n) is 7.92. The van der Waals surface area contributed by atoms with E-state index in [0.29, 0.717) is 24.5 Å². The number of carbonyl (C=O) groups excluding carboxylic acids is 4. The summed E-state index contributed by atoms with van der Waals surface area (Å²) in [5, 5.41) is 11.4. The topological polar surface area (TPSA) is 165 Å². The molecule has 0 heterocycles. The van der Waals surface area contributed by atoms with Crippen LogP contribution in [-0.4, -0.2) is 37.0 Å². The SMILES string of the molecule is O=C(CCNc1ccc(NCCC(=O)NNC(=O)Nc2ccccc2)cc1)NNC(=O)Nc1ccccc1. The summed E-state index contributed by atoms with van der Waals surface area (Å²) in [5.41, 5.74) is 12.1. The van der Waals surface area contributed by atoms with Gasteiger partial charge in [0.05, 0.1) is 0 Å². The smallest absolute Gasteiger partial charge is 0.337 e. The normalized spacial score (nSPS) is 9.89. The van der Waals surface area contributed by atoms with Crippen molar-refractivity contribution in [2.24, 2.45) is 0 Å². The number of hydrogen-bond donors (Lipinski definition) is 8. The van der Waals surface area contributed by atoms with Gasteiger partial charge in [0.2, 0.25) is 11.8 Å². The lowest BCUT2D eigenvalue weighted by Crippen LogP contribution is -2.44. The lowest BCUT2D eigenvalue weighted by atomic mass is 10.2. The highest BCUT2D eigenvalue weighted by molar-refractivity contribution is 5.91. The van der Waals surface area contributed by atoms with Crippen molar-refractivity contribution in [1.29, 1.82) is 0 Å². The summed E-state index contributed by atoms with van der Waals surface area (Å²) in [5.74, 6) is -0.686. The van der Waals surface area contributed by atoms with Crippen LogP contribution in [0.1, 0.15) is 12.8 Å². The average molecular weight is 519 g/mol. The van der Waals surface area contributed by atoms with Crippen molar-refractivity contribution in [2.75, 3.05) is 34.4 Å². The Balaban J connectivity index is 1.24. The molecule has 0 aliphatic carbocycles. The largest absolute Gasteiger partial charge is 0.385 e. The van der Waals surface area contributed by atoms with E-state index in [0.717, 1.165) is 11.4 Å². The molecule has 0 saturated carbocycles. The van der Waals surface area contributed by atoms with Crippen molar-refractivity contribution < 1.29 is 19.2 Å². The third kappa shape index (κ3) is 10.6. The van der Waals surface area contributed by atoms with Crippen LogP contribution < -0.4 is 43.0 Å². The molecule has 8 N–H and O–H groups in total. The zero-order valence-electron chi connectivity index (χ0n) is 20.5. The lowest BCUT2D eigenvalue weighted by molar-refractivity contribution is -0.122. The first-order valence-electron chi connectivity index (χ1n) is 11.9. The Bertz CT molecular complexity index is 1100. The highest BCUT2D eigenvalue weighted by Gasteiger charge is 2.06. The first kappa shape index (κ1) is 27.3. The van der Waals surface area contributed by atoms with Gasteiger partial charge in [0.25, 0.3) is 0 Å². The minimum Gasteiger partial charge on any atom is -0.385 e. The van der Waals surface area contributed by atoms with Crippen LogP contribution in [0, 0.1) is 0 Å². The van der Waals surface area contributed by atoms with Gasteiger partial charge in [0.15, 0.2) is 0 Å². The molecule has 0 aliphatic rings. The first-order chi connectivity index (χ1) is 18.5. The molecule has 198 valence electrons. The van der Waals surface area contributed by atoms with Crippen molar-refractivity contribution in [1.82, 2.24) is 21.7 Å². The molecule has 0 radical (unpaired) electrons. The predicted octanol–water partition coefficient (Wildman–Crippen LogP) is 3.00. The van der Waals surface area contributed by atoms with Crippen LogP contribution in [0.25, 0.3) is 0 Å². The molecule has 0 bridgehead atoms. The minimum absolute atomic E-state index is 0.151. The molecule has 12 nitrogen and oxygen atoms in total. The Kier molecular flexibility index (Phi) is 10.8. The Morgan fingerprint density at radius 2 is 0.816 bits per heavy atom. The zero-order chi connectivity index (χ0) is 27.0. The molecule has 3 aromatic carbocycles. The van der Waals surface area contributed by atoms with Crippen molar-refractivity contribution in [3.05, 3.63) is 84.9 Å². The Morgan fingerprint density at radius 3 is 1.18 bits per heavy atom. The van der Waals surface area contributed by atoms with Crippen molar-refractivity contribution in [3.8, 4) is 0 Å². The first-order valence-corrected chi connectivity index (χ1v) is 11.9. The van der Waals surface area contributed by atoms with E-state index in [2.05, 4.69) is 43.0 Å². The van der Waals surface area contributed by atoms with Crippen LogP contribution in [0.5, 0.6) is 0 Å². The molecule has 0 fully saturated rings. The lowest BCUT2D eigenvalue weighted by Gasteiger charge is -2.11. The Labute approximate surface area is 219 Å². The van der Waals surface area contributed by atoms with Gasteiger partial charge < -0.3 is 21.3 Å². The van der Waals surface area contributed by atoms with Crippen LogP contribution in [0.2, 0.25) is 0 Å². The van der Waals surface area contributed by atoms with Crippen molar-refractivity contribution in [3.63, 3.8) is 0 Å². The minimum atomic E-state index is -0.539. The molecule has 6 amide bonds.